The minimum Gasteiger partial charge on any atom is -0.387 e. The third kappa shape index (κ3) is 8.06. The van der Waals surface area contributed by atoms with Crippen LogP contribution in [0, 0.1) is 0 Å². The van der Waals surface area contributed by atoms with Crippen molar-refractivity contribution in [3.63, 3.8) is 0 Å². The second kappa shape index (κ2) is 11.8. The van der Waals surface area contributed by atoms with Crippen LogP contribution < -0.4 is 5.73 Å². The van der Waals surface area contributed by atoms with E-state index in [1.54, 1.807) is 0 Å². The number of phosphoric acid groups is 3. The van der Waals surface area contributed by atoms with E-state index in [1.165, 1.54) is 10.9 Å². The first-order chi connectivity index (χ1) is 14.2. The number of nitrogens with two attached hydrogens (primary N) is 1. The molecule has 2 aromatic heterocycles. The molecule has 0 aliphatic carbocycles. The van der Waals surface area contributed by atoms with Crippen LogP contribution in [0.2, 0.25) is 0 Å². The van der Waals surface area contributed by atoms with Crippen molar-refractivity contribution in [3.8, 4) is 0 Å². The molecule has 6 unspecified atom stereocenters. The predicted molar refractivity (Wildman–Crippen MR) is 107 cm³/mol. The topological polar surface area (TPSA) is 279 Å². The molecule has 3 rings (SSSR count). The number of nitrogens with zero attached hydrogens (tertiary/aromatic N) is 4. The number of phosphoric ester groups is 1. The van der Waals surface area contributed by atoms with Crippen molar-refractivity contribution in [1.29, 1.82) is 0 Å². The largest absolute Gasteiger partial charge is 0.490 e. The third-order valence-corrected chi connectivity index (χ3v) is 7.62. The molecule has 23 heteroatoms. The van der Waals surface area contributed by atoms with Gasteiger partial charge in [0.1, 0.15) is 30.2 Å². The number of ether oxygens (including phenoxy) is 1. The quantitative estimate of drug-likeness (QED) is 0.133. The normalized spacial score (nSPS) is 26.7. The summed E-state index contributed by atoms with van der Waals surface area (Å²) in [6.07, 6.45) is -3.69. The van der Waals surface area contributed by atoms with Gasteiger partial charge in [0.2, 0.25) is 0 Å². The maximum atomic E-state index is 11.8. The van der Waals surface area contributed by atoms with Gasteiger partial charge in [-0.25, -0.2) is 28.6 Å². The van der Waals surface area contributed by atoms with Gasteiger partial charge < -0.3 is 40.3 Å². The second-order valence-electron chi connectivity index (χ2n) is 6.02. The Morgan fingerprint density at radius 1 is 1.00 bits per heavy atom. The van der Waals surface area contributed by atoms with Gasteiger partial charge in [-0.05, 0) is 0 Å². The summed E-state index contributed by atoms with van der Waals surface area (Å²) in [5.41, 5.74) is 6.00. The van der Waals surface area contributed by atoms with E-state index in [0.717, 1.165) is 6.33 Å². The smallest absolute Gasteiger partial charge is 0.387 e. The summed E-state index contributed by atoms with van der Waals surface area (Å²) in [4.78, 5) is 47.2. The van der Waals surface area contributed by atoms with Gasteiger partial charge in [0.15, 0.2) is 17.7 Å². The fourth-order valence-electron chi connectivity index (χ4n) is 2.62. The molecular weight excluding hydrogens is 537 g/mol. The summed E-state index contributed by atoms with van der Waals surface area (Å²) in [6.45, 7) is -0.956. The summed E-state index contributed by atoms with van der Waals surface area (Å²) >= 11 is 0. The van der Waals surface area contributed by atoms with E-state index < -0.39 is 54.6 Å². The van der Waals surface area contributed by atoms with E-state index in [2.05, 4.69) is 28.1 Å². The number of fused-ring (bicyclic) bond motifs is 1. The standard InChI is InChI=1S/C10H16N5O13P3.2Na/c11-8-5-9(13-2-12-8)15(3-14-5)10-7(17)6(16)4(26-10)1-25-30(21,22)28-31(23,24)27-29(18,19)20;;/h2-4,6-7,10,16-17H,1H2,(H,21,22)(H,23,24)(H2,11,12,13)(H2,18,19,20);;. The van der Waals surface area contributed by atoms with Crippen LogP contribution in [0.4, 0.5) is 5.82 Å². The minimum atomic E-state index is -5.70. The Labute approximate surface area is 228 Å². The van der Waals surface area contributed by atoms with Crippen LogP contribution in [0.1, 0.15) is 6.23 Å². The molecule has 33 heavy (non-hydrogen) atoms. The number of aromatic nitrogens is 4. The molecule has 1 aliphatic rings. The Morgan fingerprint density at radius 3 is 2.24 bits per heavy atom. The SMILES string of the molecule is Nc1ncnc2c1ncn2C1OC(COP(=O)(O)OP(=O)(O)OP(=O)(O)O)C(O)C1O.[Na].[Na]. The van der Waals surface area contributed by atoms with E-state index in [1.807, 2.05) is 0 Å². The summed E-state index contributed by atoms with van der Waals surface area (Å²) in [6, 6.07) is 0. The number of anilines is 1. The zero-order valence-corrected chi connectivity index (χ0v) is 23.6. The Balaban J connectivity index is 0.00000272. The van der Waals surface area contributed by atoms with Gasteiger partial charge in [0, 0.05) is 59.1 Å². The molecule has 1 fully saturated rings. The van der Waals surface area contributed by atoms with Crippen LogP contribution in [0.5, 0.6) is 0 Å². The number of hydrogen-bond acceptors (Lipinski definition) is 13. The molecule has 0 saturated carbocycles. The summed E-state index contributed by atoms with van der Waals surface area (Å²) in [5, 5.41) is 20.4. The summed E-state index contributed by atoms with van der Waals surface area (Å²) in [7, 11) is -16.7. The summed E-state index contributed by atoms with van der Waals surface area (Å²) in [5.74, 6) is 0.0426. The van der Waals surface area contributed by atoms with Crippen LogP contribution in [-0.2, 0) is 31.6 Å². The third-order valence-electron chi connectivity index (χ3n) is 3.82. The van der Waals surface area contributed by atoms with E-state index in [9.17, 15) is 28.8 Å². The fraction of sp³-hybridized carbons (Fsp3) is 0.500. The average molecular weight is 553 g/mol. The Hall–Kier alpha value is 0.640. The first-order valence-corrected chi connectivity index (χ1v) is 12.4. The minimum absolute atomic E-state index is 0. The fourth-order valence-corrected chi connectivity index (χ4v) is 5.65. The van der Waals surface area contributed by atoms with Gasteiger partial charge in [-0.15, -0.1) is 0 Å². The van der Waals surface area contributed by atoms with Crippen molar-refractivity contribution >= 4 is 99.6 Å². The molecule has 6 atom stereocenters. The molecule has 3 heterocycles. The zero-order valence-electron chi connectivity index (χ0n) is 16.9. The molecule has 1 saturated heterocycles. The van der Waals surface area contributed by atoms with E-state index in [-0.39, 0.29) is 76.1 Å². The first-order valence-electron chi connectivity index (χ1n) is 7.92. The van der Waals surface area contributed by atoms with Crippen LogP contribution in [0.15, 0.2) is 12.7 Å². The van der Waals surface area contributed by atoms with Crippen LogP contribution in [0.25, 0.3) is 11.2 Å². The molecule has 0 aromatic carbocycles. The maximum absolute atomic E-state index is 11.8. The number of nitrogen functional groups attached to an aromatic ring is 1. The van der Waals surface area contributed by atoms with Crippen molar-refractivity contribution < 1.29 is 61.4 Å². The van der Waals surface area contributed by atoms with Crippen molar-refractivity contribution in [3.05, 3.63) is 12.7 Å². The van der Waals surface area contributed by atoms with Gasteiger partial charge in [-0.2, -0.15) is 8.62 Å². The molecule has 0 amide bonds. The molecule has 2 aromatic rings. The molecule has 8 N–H and O–H groups in total. The van der Waals surface area contributed by atoms with Crippen molar-refractivity contribution in [1.82, 2.24) is 19.5 Å². The molecule has 176 valence electrons. The van der Waals surface area contributed by atoms with E-state index in [0.29, 0.717) is 0 Å². The summed E-state index contributed by atoms with van der Waals surface area (Å²) < 4.78 is 51.9. The Bertz CT molecular complexity index is 1120. The van der Waals surface area contributed by atoms with Crippen LogP contribution in [-0.4, -0.2) is 133 Å². The second-order valence-corrected chi connectivity index (χ2v) is 10.4. The maximum Gasteiger partial charge on any atom is 0.490 e. The Kier molecular flexibility index (Phi) is 11.3. The molecule has 2 radical (unpaired) electrons. The van der Waals surface area contributed by atoms with Crippen molar-refractivity contribution in [2.24, 2.45) is 0 Å². The van der Waals surface area contributed by atoms with E-state index >= 15 is 0 Å². The monoisotopic (exact) mass is 553 g/mol. The van der Waals surface area contributed by atoms with Gasteiger partial charge in [-0.3, -0.25) is 9.09 Å². The molecular formula is C10H16N5Na2O13P3. The van der Waals surface area contributed by atoms with Crippen LogP contribution >= 0.6 is 23.5 Å². The van der Waals surface area contributed by atoms with Gasteiger partial charge >= 0.3 is 23.5 Å². The van der Waals surface area contributed by atoms with Gasteiger partial charge in [0.25, 0.3) is 0 Å². The number of aliphatic hydroxyl groups excluding tert-OH is 2. The molecule has 0 spiro atoms. The van der Waals surface area contributed by atoms with Gasteiger partial charge in [0.05, 0.1) is 12.9 Å². The van der Waals surface area contributed by atoms with Crippen LogP contribution in [0.3, 0.4) is 0 Å². The van der Waals surface area contributed by atoms with E-state index in [4.69, 9.17) is 25.2 Å². The number of rotatable bonds is 8. The molecule has 18 nitrogen and oxygen atoms in total. The van der Waals surface area contributed by atoms with Gasteiger partial charge in [-0.1, -0.05) is 0 Å². The zero-order chi connectivity index (χ0) is 23.2. The molecule has 1 aliphatic heterocycles. The Morgan fingerprint density at radius 2 is 1.64 bits per heavy atom. The predicted octanol–water partition coefficient (Wildman–Crippen LogP) is -2.39. The number of aliphatic hydroxyl groups is 2. The van der Waals surface area contributed by atoms with Crippen molar-refractivity contribution in [2.75, 3.05) is 12.3 Å². The van der Waals surface area contributed by atoms with Crippen molar-refractivity contribution in [2.45, 2.75) is 24.5 Å². The first kappa shape index (κ1) is 31.7. The number of imidazole rings is 1. The molecule has 0 bridgehead atoms. The number of hydrogen-bond donors (Lipinski definition) is 7. The average Bonchev–Trinajstić information content (AvgIpc) is 3.13.